The van der Waals surface area contributed by atoms with E-state index in [-0.39, 0.29) is 11.8 Å². The number of hydrogen-bond acceptors (Lipinski definition) is 2. The summed E-state index contributed by atoms with van der Waals surface area (Å²) in [5.41, 5.74) is -0.292. The van der Waals surface area contributed by atoms with Gasteiger partial charge in [-0.3, -0.25) is 5.32 Å². The van der Waals surface area contributed by atoms with Crippen LogP contribution in [0.25, 0.3) is 0 Å². The van der Waals surface area contributed by atoms with E-state index in [0.29, 0.717) is 0 Å². The standard InChI is InChI=1S/C8H6ClF2NO2/c9-4-14-8(13)12-7-3-5(10)1-2-6(7)11/h1-3H,4H2,(H,12,13). The summed E-state index contributed by atoms with van der Waals surface area (Å²) in [5, 5.41) is 1.99. The fraction of sp³-hybridized carbons (Fsp3) is 0.125. The monoisotopic (exact) mass is 221 g/mol. The number of anilines is 1. The Morgan fingerprint density at radius 3 is 2.86 bits per heavy atom. The first-order valence-corrected chi connectivity index (χ1v) is 4.11. The van der Waals surface area contributed by atoms with Crippen molar-refractivity contribution in [3.05, 3.63) is 29.8 Å². The van der Waals surface area contributed by atoms with E-state index in [9.17, 15) is 13.6 Å². The van der Waals surface area contributed by atoms with Crippen molar-refractivity contribution in [1.82, 2.24) is 0 Å². The van der Waals surface area contributed by atoms with E-state index in [4.69, 9.17) is 11.6 Å². The van der Waals surface area contributed by atoms with Gasteiger partial charge in [0.2, 0.25) is 0 Å². The van der Waals surface area contributed by atoms with Crippen LogP contribution in [-0.2, 0) is 4.74 Å². The van der Waals surface area contributed by atoms with Crippen molar-refractivity contribution in [2.45, 2.75) is 0 Å². The molecule has 0 heterocycles. The first-order valence-electron chi connectivity index (χ1n) is 3.58. The Kier molecular flexibility index (Phi) is 3.64. The van der Waals surface area contributed by atoms with Crippen LogP contribution in [0.4, 0.5) is 19.3 Å². The molecule has 14 heavy (non-hydrogen) atoms. The van der Waals surface area contributed by atoms with Gasteiger partial charge >= 0.3 is 6.09 Å². The second kappa shape index (κ2) is 4.76. The van der Waals surface area contributed by atoms with Crippen LogP contribution in [0.2, 0.25) is 0 Å². The van der Waals surface area contributed by atoms with Crippen LogP contribution in [0, 0.1) is 11.6 Å². The number of benzene rings is 1. The predicted octanol–water partition coefficient (Wildman–Crippen LogP) is 2.71. The van der Waals surface area contributed by atoms with Crippen molar-refractivity contribution in [3.8, 4) is 0 Å². The van der Waals surface area contributed by atoms with Crippen LogP contribution in [0.3, 0.4) is 0 Å². The molecular formula is C8H6ClF2NO2. The molecule has 0 saturated carbocycles. The molecule has 0 bridgehead atoms. The lowest BCUT2D eigenvalue weighted by atomic mass is 10.3. The average molecular weight is 222 g/mol. The van der Waals surface area contributed by atoms with Crippen LogP contribution < -0.4 is 5.32 Å². The molecule has 0 aliphatic carbocycles. The first kappa shape index (κ1) is 10.7. The zero-order valence-electron chi connectivity index (χ0n) is 6.89. The number of alkyl halides is 1. The summed E-state index contributed by atoms with van der Waals surface area (Å²) in [6, 6.07) is 2.31. The third-order valence-corrected chi connectivity index (χ3v) is 1.46. The Bertz CT molecular complexity index is 346. The van der Waals surface area contributed by atoms with Gasteiger partial charge in [-0.2, -0.15) is 0 Å². The summed E-state index contributed by atoms with van der Waals surface area (Å²) in [4.78, 5) is 10.8. The van der Waals surface area contributed by atoms with E-state index >= 15 is 0 Å². The quantitative estimate of drug-likeness (QED) is 0.780. The molecule has 0 fully saturated rings. The molecule has 1 aromatic rings. The van der Waals surface area contributed by atoms with Crippen LogP contribution in [0.1, 0.15) is 0 Å². The van der Waals surface area contributed by atoms with Crippen molar-refractivity contribution in [2.24, 2.45) is 0 Å². The number of hydrogen-bond donors (Lipinski definition) is 1. The molecule has 1 rings (SSSR count). The maximum Gasteiger partial charge on any atom is 0.412 e. The van der Waals surface area contributed by atoms with E-state index in [1.54, 1.807) is 0 Å². The van der Waals surface area contributed by atoms with Crippen LogP contribution in [0.15, 0.2) is 18.2 Å². The number of carbonyl (C=O) groups excluding carboxylic acids is 1. The summed E-state index contributed by atoms with van der Waals surface area (Å²) in [5.74, 6) is -1.41. The lowest BCUT2D eigenvalue weighted by Crippen LogP contribution is -2.13. The number of ether oxygens (including phenoxy) is 1. The first-order chi connectivity index (χ1) is 6.63. The summed E-state index contributed by atoms with van der Waals surface area (Å²) >= 11 is 5.08. The van der Waals surface area contributed by atoms with E-state index in [0.717, 1.165) is 18.2 Å². The summed E-state index contributed by atoms with van der Waals surface area (Å²) in [7, 11) is 0. The molecular weight excluding hydrogens is 216 g/mol. The maximum absolute atomic E-state index is 12.9. The third-order valence-electron chi connectivity index (χ3n) is 1.35. The number of nitrogens with one attached hydrogen (secondary N) is 1. The minimum Gasteiger partial charge on any atom is -0.433 e. The van der Waals surface area contributed by atoms with E-state index < -0.39 is 17.7 Å². The molecule has 6 heteroatoms. The molecule has 0 spiro atoms. The van der Waals surface area contributed by atoms with Crippen molar-refractivity contribution >= 4 is 23.4 Å². The van der Waals surface area contributed by atoms with Crippen LogP contribution in [0.5, 0.6) is 0 Å². The SMILES string of the molecule is O=C(Nc1cc(F)ccc1F)OCCl. The predicted molar refractivity (Wildman–Crippen MR) is 47.2 cm³/mol. The maximum atomic E-state index is 12.9. The fourth-order valence-corrected chi connectivity index (χ4v) is 0.888. The average Bonchev–Trinajstić information content (AvgIpc) is 2.12. The summed E-state index contributed by atoms with van der Waals surface area (Å²) in [6.07, 6.45) is -0.940. The molecule has 0 radical (unpaired) electrons. The van der Waals surface area contributed by atoms with Gasteiger partial charge < -0.3 is 4.74 Å². The summed E-state index contributed by atoms with van der Waals surface area (Å²) < 4.78 is 29.8. The molecule has 1 amide bonds. The fourth-order valence-electron chi connectivity index (χ4n) is 0.789. The lowest BCUT2D eigenvalue weighted by Gasteiger charge is -2.05. The van der Waals surface area contributed by atoms with Gasteiger partial charge in [0.1, 0.15) is 11.6 Å². The van der Waals surface area contributed by atoms with Gasteiger partial charge in [0.15, 0.2) is 6.07 Å². The van der Waals surface area contributed by atoms with Gasteiger partial charge in [-0.25, -0.2) is 13.6 Å². The third kappa shape index (κ3) is 2.85. The van der Waals surface area contributed by atoms with Gasteiger partial charge in [-0.15, -0.1) is 0 Å². The second-order valence-electron chi connectivity index (χ2n) is 2.29. The number of carbonyl (C=O) groups is 1. The topological polar surface area (TPSA) is 38.3 Å². The largest absolute Gasteiger partial charge is 0.433 e. The normalized spacial score (nSPS) is 9.64. The van der Waals surface area contributed by atoms with Crippen molar-refractivity contribution in [3.63, 3.8) is 0 Å². The van der Waals surface area contributed by atoms with Crippen molar-refractivity contribution in [1.29, 1.82) is 0 Å². The van der Waals surface area contributed by atoms with Crippen molar-refractivity contribution < 1.29 is 18.3 Å². The van der Waals surface area contributed by atoms with Crippen LogP contribution >= 0.6 is 11.6 Å². The van der Waals surface area contributed by atoms with E-state index in [1.165, 1.54) is 0 Å². The molecule has 0 aromatic heterocycles. The number of halogens is 3. The molecule has 0 unspecified atom stereocenters. The Hall–Kier alpha value is -1.36. The molecule has 0 atom stereocenters. The van der Waals surface area contributed by atoms with E-state index in [2.05, 4.69) is 4.74 Å². The van der Waals surface area contributed by atoms with Gasteiger partial charge in [0, 0.05) is 6.07 Å². The lowest BCUT2D eigenvalue weighted by molar-refractivity contribution is 0.180. The minimum atomic E-state index is -0.940. The molecule has 3 nitrogen and oxygen atoms in total. The van der Waals surface area contributed by atoms with Gasteiger partial charge in [-0.1, -0.05) is 11.6 Å². The second-order valence-corrected chi connectivity index (χ2v) is 2.51. The Balaban J connectivity index is 2.75. The molecule has 0 saturated heterocycles. The highest BCUT2D eigenvalue weighted by molar-refractivity contribution is 6.17. The molecule has 0 aliphatic rings. The number of rotatable bonds is 2. The smallest absolute Gasteiger partial charge is 0.412 e. The number of amides is 1. The Morgan fingerprint density at radius 2 is 2.21 bits per heavy atom. The Labute approximate surface area is 83.6 Å². The summed E-state index contributed by atoms with van der Waals surface area (Å²) in [6.45, 7) is 0. The molecule has 0 aliphatic heterocycles. The Morgan fingerprint density at radius 1 is 1.50 bits per heavy atom. The van der Waals surface area contributed by atoms with Gasteiger partial charge in [0.05, 0.1) is 5.69 Å². The van der Waals surface area contributed by atoms with Gasteiger partial charge in [0.25, 0.3) is 0 Å². The van der Waals surface area contributed by atoms with Crippen molar-refractivity contribution in [2.75, 3.05) is 11.4 Å². The highest BCUT2D eigenvalue weighted by Gasteiger charge is 2.08. The van der Waals surface area contributed by atoms with E-state index in [1.807, 2.05) is 5.32 Å². The minimum absolute atomic E-state index is 0.292. The van der Waals surface area contributed by atoms with Crippen LogP contribution in [-0.4, -0.2) is 12.2 Å². The molecule has 1 aromatic carbocycles. The zero-order chi connectivity index (χ0) is 10.6. The highest BCUT2D eigenvalue weighted by Crippen LogP contribution is 2.15. The molecule has 1 N–H and O–H groups in total. The van der Waals surface area contributed by atoms with Gasteiger partial charge in [-0.05, 0) is 12.1 Å². The molecule has 76 valence electrons. The highest BCUT2D eigenvalue weighted by atomic mass is 35.5. The zero-order valence-corrected chi connectivity index (χ0v) is 7.65.